The van der Waals surface area contributed by atoms with E-state index in [1.54, 1.807) is 0 Å². The molecule has 2 rings (SSSR count). The monoisotopic (exact) mass is 296 g/mol. The lowest BCUT2D eigenvalue weighted by molar-refractivity contribution is 0.0926. The Morgan fingerprint density at radius 2 is 2.00 bits per heavy atom. The number of hydrogen-bond donors (Lipinski definition) is 0. The van der Waals surface area contributed by atoms with Gasteiger partial charge in [-0.05, 0) is 37.3 Å². The molecule has 0 atom stereocenters. The second-order valence-electron chi connectivity index (χ2n) is 4.55. The largest absolute Gasteiger partial charge is 0.381 e. The van der Waals surface area contributed by atoms with Crippen molar-refractivity contribution >= 4 is 21.7 Å². The molecule has 0 aliphatic heterocycles. The molecule has 3 heteroatoms. The van der Waals surface area contributed by atoms with E-state index in [0.717, 1.165) is 29.0 Å². The Hall–Kier alpha value is -0.670. The van der Waals surface area contributed by atoms with Crippen molar-refractivity contribution in [2.24, 2.45) is 5.92 Å². The summed E-state index contributed by atoms with van der Waals surface area (Å²) in [4.78, 5) is 11.8. The molecule has 1 aliphatic rings. The molecule has 2 nitrogen and oxygen atoms in total. The third kappa shape index (κ3) is 4.60. The first-order chi connectivity index (χ1) is 8.25. The van der Waals surface area contributed by atoms with Crippen LogP contribution in [-0.2, 0) is 4.74 Å². The van der Waals surface area contributed by atoms with Gasteiger partial charge in [-0.1, -0.05) is 28.1 Å². The molecule has 0 aromatic heterocycles. The summed E-state index contributed by atoms with van der Waals surface area (Å²) in [6.07, 6.45) is 4.03. The smallest absolute Gasteiger partial charge is 0.162 e. The number of halogens is 1. The van der Waals surface area contributed by atoms with Gasteiger partial charge in [-0.3, -0.25) is 4.79 Å². The van der Waals surface area contributed by atoms with E-state index in [2.05, 4.69) is 15.9 Å². The molecule has 1 aliphatic carbocycles. The van der Waals surface area contributed by atoms with Gasteiger partial charge >= 0.3 is 0 Å². The quantitative estimate of drug-likeness (QED) is 0.564. The standard InChI is InChI=1S/C14H17BrO2/c15-13-7-5-12(6-8-13)14(16)2-1-9-17-10-11-3-4-11/h5-8,11H,1-4,9-10H2. The van der Waals surface area contributed by atoms with Crippen molar-refractivity contribution in [2.75, 3.05) is 13.2 Å². The fourth-order valence-corrected chi connectivity index (χ4v) is 1.91. The van der Waals surface area contributed by atoms with E-state index in [1.165, 1.54) is 12.8 Å². The zero-order chi connectivity index (χ0) is 12.1. The van der Waals surface area contributed by atoms with Gasteiger partial charge in [0.25, 0.3) is 0 Å². The highest BCUT2D eigenvalue weighted by Crippen LogP contribution is 2.28. The molecule has 0 heterocycles. The minimum absolute atomic E-state index is 0.201. The van der Waals surface area contributed by atoms with Gasteiger partial charge in [-0.15, -0.1) is 0 Å². The second kappa shape index (κ2) is 6.31. The normalized spacial score (nSPS) is 14.9. The average Bonchev–Trinajstić information content (AvgIpc) is 3.13. The van der Waals surface area contributed by atoms with Crippen molar-refractivity contribution in [1.29, 1.82) is 0 Å². The molecular formula is C14H17BrO2. The summed E-state index contributed by atoms with van der Waals surface area (Å²) in [6.45, 7) is 1.59. The number of hydrogen-bond acceptors (Lipinski definition) is 2. The highest BCUT2D eigenvalue weighted by atomic mass is 79.9. The topological polar surface area (TPSA) is 26.3 Å². The summed E-state index contributed by atoms with van der Waals surface area (Å²) in [6, 6.07) is 7.52. The van der Waals surface area contributed by atoms with Crippen molar-refractivity contribution in [3.05, 3.63) is 34.3 Å². The second-order valence-corrected chi connectivity index (χ2v) is 5.47. The molecule has 0 amide bonds. The molecule has 0 radical (unpaired) electrons. The third-order valence-electron chi connectivity index (χ3n) is 2.91. The molecule has 0 N–H and O–H groups in total. The maximum Gasteiger partial charge on any atom is 0.162 e. The van der Waals surface area contributed by atoms with Crippen LogP contribution < -0.4 is 0 Å². The van der Waals surface area contributed by atoms with Gasteiger partial charge in [-0.2, -0.15) is 0 Å². The van der Waals surface area contributed by atoms with Crippen LogP contribution in [0.5, 0.6) is 0 Å². The van der Waals surface area contributed by atoms with Gasteiger partial charge < -0.3 is 4.74 Å². The number of rotatable bonds is 7. The van der Waals surface area contributed by atoms with Crippen molar-refractivity contribution in [3.63, 3.8) is 0 Å². The SMILES string of the molecule is O=C(CCCOCC1CC1)c1ccc(Br)cc1. The number of Topliss-reactive ketones (excluding diaryl/α,β-unsaturated/α-hetero) is 1. The molecule has 1 fully saturated rings. The van der Waals surface area contributed by atoms with Crippen LogP contribution >= 0.6 is 15.9 Å². The lowest BCUT2D eigenvalue weighted by Gasteiger charge is -2.03. The highest BCUT2D eigenvalue weighted by Gasteiger charge is 2.20. The molecule has 0 saturated heterocycles. The molecule has 1 saturated carbocycles. The number of carbonyl (C=O) groups is 1. The molecule has 17 heavy (non-hydrogen) atoms. The Morgan fingerprint density at radius 1 is 1.29 bits per heavy atom. The number of ether oxygens (including phenoxy) is 1. The first-order valence-electron chi connectivity index (χ1n) is 6.12. The Kier molecular flexibility index (Phi) is 4.75. The lowest BCUT2D eigenvalue weighted by atomic mass is 10.1. The Morgan fingerprint density at radius 3 is 2.65 bits per heavy atom. The molecule has 0 bridgehead atoms. The van der Waals surface area contributed by atoms with E-state index < -0.39 is 0 Å². The minimum Gasteiger partial charge on any atom is -0.381 e. The van der Waals surface area contributed by atoms with Gasteiger partial charge in [0.05, 0.1) is 0 Å². The summed E-state index contributed by atoms with van der Waals surface area (Å²) in [5, 5.41) is 0. The highest BCUT2D eigenvalue weighted by molar-refractivity contribution is 9.10. The predicted octanol–water partition coefficient (Wildman–Crippen LogP) is 3.84. The maximum atomic E-state index is 11.8. The van der Waals surface area contributed by atoms with Crippen LogP contribution in [0, 0.1) is 5.92 Å². The first kappa shape index (κ1) is 12.8. The summed E-state index contributed by atoms with van der Waals surface area (Å²) in [7, 11) is 0. The van der Waals surface area contributed by atoms with Crippen molar-refractivity contribution < 1.29 is 9.53 Å². The summed E-state index contributed by atoms with van der Waals surface area (Å²) in [5.74, 6) is 1.00. The average molecular weight is 297 g/mol. The fourth-order valence-electron chi connectivity index (χ4n) is 1.65. The van der Waals surface area contributed by atoms with Gasteiger partial charge in [0, 0.05) is 29.7 Å². The lowest BCUT2D eigenvalue weighted by Crippen LogP contribution is -2.03. The number of benzene rings is 1. The molecule has 0 spiro atoms. The predicted molar refractivity (Wildman–Crippen MR) is 71.2 cm³/mol. The molecule has 1 aromatic carbocycles. The van der Waals surface area contributed by atoms with E-state index in [-0.39, 0.29) is 5.78 Å². The first-order valence-corrected chi connectivity index (χ1v) is 6.91. The zero-order valence-corrected chi connectivity index (χ0v) is 11.4. The van der Waals surface area contributed by atoms with Crippen LogP contribution in [0.15, 0.2) is 28.7 Å². The molecule has 0 unspecified atom stereocenters. The van der Waals surface area contributed by atoms with Crippen LogP contribution in [-0.4, -0.2) is 19.0 Å². The summed E-state index contributed by atoms with van der Waals surface area (Å²) >= 11 is 3.36. The number of carbonyl (C=O) groups excluding carboxylic acids is 1. The van der Waals surface area contributed by atoms with Crippen LogP contribution in [0.4, 0.5) is 0 Å². The van der Waals surface area contributed by atoms with Crippen LogP contribution in [0.25, 0.3) is 0 Å². The van der Waals surface area contributed by atoms with E-state index in [0.29, 0.717) is 13.0 Å². The van der Waals surface area contributed by atoms with Crippen LogP contribution in [0.3, 0.4) is 0 Å². The van der Waals surface area contributed by atoms with E-state index >= 15 is 0 Å². The van der Waals surface area contributed by atoms with E-state index in [4.69, 9.17) is 4.74 Å². The van der Waals surface area contributed by atoms with Crippen molar-refractivity contribution in [1.82, 2.24) is 0 Å². The van der Waals surface area contributed by atoms with Gasteiger partial charge in [-0.25, -0.2) is 0 Å². The van der Waals surface area contributed by atoms with E-state index in [1.807, 2.05) is 24.3 Å². The van der Waals surface area contributed by atoms with Crippen LogP contribution in [0.1, 0.15) is 36.0 Å². The molecule has 1 aromatic rings. The van der Waals surface area contributed by atoms with E-state index in [9.17, 15) is 4.79 Å². The Balaban J connectivity index is 1.64. The van der Waals surface area contributed by atoms with Gasteiger partial charge in [0.2, 0.25) is 0 Å². The van der Waals surface area contributed by atoms with Crippen LogP contribution in [0.2, 0.25) is 0 Å². The zero-order valence-electron chi connectivity index (χ0n) is 9.82. The van der Waals surface area contributed by atoms with Gasteiger partial charge in [0.15, 0.2) is 5.78 Å². The maximum absolute atomic E-state index is 11.8. The Labute approximate surface area is 110 Å². The number of ketones is 1. The molecule has 92 valence electrons. The minimum atomic E-state index is 0.201. The Bertz CT molecular complexity index is 368. The van der Waals surface area contributed by atoms with Gasteiger partial charge in [0.1, 0.15) is 0 Å². The van der Waals surface area contributed by atoms with Crippen molar-refractivity contribution in [2.45, 2.75) is 25.7 Å². The summed E-state index contributed by atoms with van der Waals surface area (Å²) in [5.41, 5.74) is 0.787. The van der Waals surface area contributed by atoms with Crippen molar-refractivity contribution in [3.8, 4) is 0 Å². The fraction of sp³-hybridized carbons (Fsp3) is 0.500. The molecular weight excluding hydrogens is 280 g/mol. The summed E-state index contributed by atoms with van der Waals surface area (Å²) < 4.78 is 6.50. The third-order valence-corrected chi connectivity index (χ3v) is 3.44.